The van der Waals surface area contributed by atoms with Crippen LogP contribution in [0.2, 0.25) is 0 Å². The van der Waals surface area contributed by atoms with Gasteiger partial charge in [0.15, 0.2) is 0 Å². The van der Waals surface area contributed by atoms with Crippen molar-refractivity contribution in [2.24, 2.45) is 0 Å². The molecule has 0 aliphatic heterocycles. The summed E-state index contributed by atoms with van der Waals surface area (Å²) in [5.41, 5.74) is 1.17. The summed E-state index contributed by atoms with van der Waals surface area (Å²) in [6.45, 7) is 4.84. The largest absolute Gasteiger partial charge is 0.385 e. The molecule has 1 aromatic carbocycles. The summed E-state index contributed by atoms with van der Waals surface area (Å²) in [6, 6.07) is 10.2. The fourth-order valence-electron chi connectivity index (χ4n) is 1.20. The van der Waals surface area contributed by atoms with Gasteiger partial charge in [-0.05, 0) is 30.3 Å². The Labute approximate surface area is 91.0 Å². The highest BCUT2D eigenvalue weighted by atomic mass is 35.5. The van der Waals surface area contributed by atoms with Crippen LogP contribution in [0, 0.1) is 0 Å². The van der Waals surface area contributed by atoms with Crippen LogP contribution in [0.1, 0.15) is 13.3 Å². The van der Waals surface area contributed by atoms with Crippen molar-refractivity contribution in [3.63, 3.8) is 0 Å². The van der Waals surface area contributed by atoms with Crippen LogP contribution < -0.4 is 5.32 Å². The first-order valence-corrected chi connectivity index (χ1v) is 5.36. The van der Waals surface area contributed by atoms with E-state index in [1.807, 2.05) is 18.2 Å². The van der Waals surface area contributed by atoms with Gasteiger partial charge in [0.1, 0.15) is 0 Å². The fourth-order valence-corrected chi connectivity index (χ4v) is 1.32. The van der Waals surface area contributed by atoms with Gasteiger partial charge in [0.25, 0.3) is 0 Å². The van der Waals surface area contributed by atoms with Gasteiger partial charge in [-0.2, -0.15) is 0 Å². The van der Waals surface area contributed by atoms with Crippen LogP contribution >= 0.6 is 11.8 Å². The zero-order chi connectivity index (χ0) is 10.2. The van der Waals surface area contributed by atoms with Crippen molar-refractivity contribution in [1.82, 2.24) is 4.42 Å². The van der Waals surface area contributed by atoms with Gasteiger partial charge in [-0.25, -0.2) is 4.42 Å². The summed E-state index contributed by atoms with van der Waals surface area (Å²) in [7, 11) is 0. The third kappa shape index (κ3) is 4.49. The molecule has 0 unspecified atom stereocenters. The van der Waals surface area contributed by atoms with Crippen LogP contribution in [0.3, 0.4) is 0 Å². The van der Waals surface area contributed by atoms with Crippen LogP contribution in [0.5, 0.6) is 0 Å². The average molecular weight is 213 g/mol. The number of hydrogen-bond acceptors (Lipinski definition) is 2. The Bertz CT molecular complexity index is 238. The topological polar surface area (TPSA) is 15.3 Å². The zero-order valence-electron chi connectivity index (χ0n) is 8.54. The number of halogens is 1. The average Bonchev–Trinajstić information content (AvgIpc) is 2.25. The molecule has 1 N–H and O–H groups in total. The fraction of sp³-hybridized carbons (Fsp3) is 0.455. The third-order valence-corrected chi connectivity index (χ3v) is 2.43. The number of rotatable bonds is 6. The maximum absolute atomic E-state index is 5.85. The molecule has 2 nitrogen and oxygen atoms in total. The molecule has 0 aliphatic carbocycles. The molecule has 78 valence electrons. The first-order chi connectivity index (χ1) is 6.83. The summed E-state index contributed by atoms with van der Waals surface area (Å²) >= 11 is 5.85. The number of para-hydroxylation sites is 1. The number of nitrogens with one attached hydrogen (secondary N) is 1. The lowest BCUT2D eigenvalue weighted by Gasteiger charge is -2.11. The minimum atomic E-state index is 0.896. The third-order valence-electron chi connectivity index (χ3n) is 2.02. The number of hydrogen-bond donors (Lipinski definition) is 1. The van der Waals surface area contributed by atoms with E-state index in [4.69, 9.17) is 11.8 Å². The van der Waals surface area contributed by atoms with E-state index in [1.165, 1.54) is 5.69 Å². The van der Waals surface area contributed by atoms with Crippen LogP contribution in [0.15, 0.2) is 30.3 Å². The Morgan fingerprint density at radius 1 is 1.29 bits per heavy atom. The second-order valence-electron chi connectivity index (χ2n) is 3.15. The number of nitrogens with zero attached hydrogens (tertiary/aromatic N) is 1. The molecule has 0 bridgehead atoms. The standard InChI is InChI=1S/C11H17ClN2/c1-2-14(12)10-6-9-13-11-7-4-3-5-8-11/h3-5,7-8,13H,2,6,9-10H2,1H3. The van der Waals surface area contributed by atoms with Gasteiger partial charge in [-0.15, -0.1) is 0 Å². The molecule has 3 heteroatoms. The Morgan fingerprint density at radius 3 is 2.64 bits per heavy atom. The molecule has 0 aliphatic rings. The van der Waals surface area contributed by atoms with Crippen LogP contribution in [-0.2, 0) is 0 Å². The lowest BCUT2D eigenvalue weighted by molar-refractivity contribution is 0.473. The number of anilines is 1. The normalized spacial score (nSPS) is 10.5. The van der Waals surface area contributed by atoms with E-state index in [0.29, 0.717) is 0 Å². The molecule has 0 heterocycles. The molecular weight excluding hydrogens is 196 g/mol. The van der Waals surface area contributed by atoms with Gasteiger partial charge in [0.05, 0.1) is 0 Å². The SMILES string of the molecule is CCN(Cl)CCCNc1ccccc1. The lowest BCUT2D eigenvalue weighted by atomic mass is 10.3. The maximum Gasteiger partial charge on any atom is 0.0340 e. The van der Waals surface area contributed by atoms with Gasteiger partial charge in [-0.3, -0.25) is 0 Å². The van der Waals surface area contributed by atoms with Crippen LogP contribution in [0.4, 0.5) is 5.69 Å². The molecule has 0 fully saturated rings. The molecule has 0 amide bonds. The molecule has 0 saturated carbocycles. The molecule has 0 radical (unpaired) electrons. The van der Waals surface area contributed by atoms with Gasteiger partial charge in [0, 0.05) is 25.3 Å². The first-order valence-electron chi connectivity index (χ1n) is 5.02. The van der Waals surface area contributed by atoms with Crippen molar-refractivity contribution in [3.05, 3.63) is 30.3 Å². The van der Waals surface area contributed by atoms with Gasteiger partial charge in [0.2, 0.25) is 0 Å². The Morgan fingerprint density at radius 2 is 2.00 bits per heavy atom. The monoisotopic (exact) mass is 212 g/mol. The van der Waals surface area contributed by atoms with Crippen LogP contribution in [0.25, 0.3) is 0 Å². The molecule has 14 heavy (non-hydrogen) atoms. The minimum absolute atomic E-state index is 0.896. The maximum atomic E-state index is 5.85. The van der Waals surface area contributed by atoms with E-state index in [0.717, 1.165) is 26.1 Å². The molecule has 0 atom stereocenters. The van der Waals surface area contributed by atoms with E-state index < -0.39 is 0 Å². The van der Waals surface area contributed by atoms with Crippen molar-refractivity contribution in [2.45, 2.75) is 13.3 Å². The summed E-state index contributed by atoms with van der Waals surface area (Å²) in [5.74, 6) is 0. The summed E-state index contributed by atoms with van der Waals surface area (Å²) in [6.07, 6.45) is 1.06. The second kappa shape index (κ2) is 6.68. The molecule has 0 aromatic heterocycles. The van der Waals surface area contributed by atoms with E-state index in [1.54, 1.807) is 4.42 Å². The van der Waals surface area contributed by atoms with Gasteiger partial charge < -0.3 is 5.32 Å². The van der Waals surface area contributed by atoms with Crippen molar-refractivity contribution >= 4 is 17.5 Å². The Balaban J connectivity index is 2.10. The highest BCUT2D eigenvalue weighted by molar-refractivity contribution is 6.13. The van der Waals surface area contributed by atoms with E-state index >= 15 is 0 Å². The van der Waals surface area contributed by atoms with Crippen molar-refractivity contribution in [1.29, 1.82) is 0 Å². The van der Waals surface area contributed by atoms with Crippen molar-refractivity contribution in [3.8, 4) is 0 Å². The summed E-state index contributed by atoms with van der Waals surface area (Å²) in [5, 5.41) is 3.34. The Kier molecular flexibility index (Phi) is 5.42. The highest BCUT2D eigenvalue weighted by Crippen LogP contribution is 2.04. The lowest BCUT2D eigenvalue weighted by Crippen LogP contribution is -2.15. The quantitative estimate of drug-likeness (QED) is 0.576. The first kappa shape index (κ1) is 11.3. The smallest absolute Gasteiger partial charge is 0.0340 e. The highest BCUT2D eigenvalue weighted by Gasteiger charge is 1.95. The molecule has 1 rings (SSSR count). The predicted molar refractivity (Wildman–Crippen MR) is 62.6 cm³/mol. The molecular formula is C11H17ClN2. The van der Waals surface area contributed by atoms with E-state index in [2.05, 4.69) is 24.4 Å². The van der Waals surface area contributed by atoms with Crippen molar-refractivity contribution in [2.75, 3.05) is 25.0 Å². The van der Waals surface area contributed by atoms with Gasteiger partial charge >= 0.3 is 0 Å². The van der Waals surface area contributed by atoms with E-state index in [9.17, 15) is 0 Å². The predicted octanol–water partition coefficient (Wildman–Crippen LogP) is 2.96. The van der Waals surface area contributed by atoms with Crippen LogP contribution in [-0.4, -0.2) is 24.1 Å². The summed E-state index contributed by atoms with van der Waals surface area (Å²) < 4.78 is 1.80. The molecule has 0 saturated heterocycles. The summed E-state index contributed by atoms with van der Waals surface area (Å²) in [4.78, 5) is 0. The van der Waals surface area contributed by atoms with Crippen molar-refractivity contribution < 1.29 is 0 Å². The molecule has 1 aromatic rings. The minimum Gasteiger partial charge on any atom is -0.385 e. The Hall–Kier alpha value is -0.730. The zero-order valence-corrected chi connectivity index (χ0v) is 9.30. The molecule has 0 spiro atoms. The second-order valence-corrected chi connectivity index (χ2v) is 3.63. The van der Waals surface area contributed by atoms with E-state index in [-0.39, 0.29) is 0 Å². The number of benzene rings is 1. The van der Waals surface area contributed by atoms with Gasteiger partial charge in [-0.1, -0.05) is 25.1 Å².